The molecule has 0 spiro atoms. The van der Waals surface area contributed by atoms with E-state index in [4.69, 9.17) is 4.74 Å². The summed E-state index contributed by atoms with van der Waals surface area (Å²) in [5.74, 6) is 0.855. The van der Waals surface area contributed by atoms with Gasteiger partial charge in [0, 0.05) is 42.1 Å². The van der Waals surface area contributed by atoms with Crippen molar-refractivity contribution >= 4 is 10.9 Å². The molecule has 1 aromatic carbocycles. The number of ether oxygens (including phenoxy) is 1. The first-order valence-corrected chi connectivity index (χ1v) is 8.99. The van der Waals surface area contributed by atoms with Crippen molar-refractivity contribution in [1.29, 1.82) is 0 Å². The molecule has 1 aromatic heterocycles. The standard InChI is InChI=1S/C20H24N2O2/c1-3-20-8-4-9-21-10-7-15-14-6-5-13(24-2)11-16(14)22(17(23)12-20)18(15)19(20)21/h4-6,8,11,17,19,23H,3,7,9-10,12H2,1-2H3. The summed E-state index contributed by atoms with van der Waals surface area (Å²) in [5.41, 5.74) is 3.95. The number of fused-ring (bicyclic) bond motifs is 3. The number of nitrogens with zero attached hydrogens (tertiary/aromatic N) is 2. The SMILES string of the molecule is CCC12C=CCN3CCc4c(n(c5cc(OC)ccc45)C(O)C1)C32. The van der Waals surface area contributed by atoms with Crippen LogP contribution in [0.2, 0.25) is 0 Å². The lowest BCUT2D eigenvalue weighted by Gasteiger charge is -2.53. The quantitative estimate of drug-likeness (QED) is 0.860. The Bertz CT molecular complexity index is 853. The van der Waals surface area contributed by atoms with Crippen molar-refractivity contribution < 1.29 is 9.84 Å². The highest BCUT2D eigenvalue weighted by Crippen LogP contribution is 2.57. The predicted octanol–water partition coefficient (Wildman–Crippen LogP) is 3.41. The molecule has 0 fully saturated rings. The van der Waals surface area contributed by atoms with Crippen LogP contribution in [0.3, 0.4) is 0 Å². The van der Waals surface area contributed by atoms with Gasteiger partial charge in [0.05, 0.1) is 18.7 Å². The zero-order valence-corrected chi connectivity index (χ0v) is 14.3. The molecule has 0 radical (unpaired) electrons. The molecule has 0 saturated heterocycles. The zero-order chi connectivity index (χ0) is 16.5. The largest absolute Gasteiger partial charge is 0.497 e. The fraction of sp³-hybridized carbons (Fsp3) is 0.500. The molecule has 4 nitrogen and oxygen atoms in total. The van der Waals surface area contributed by atoms with Gasteiger partial charge in [-0.2, -0.15) is 0 Å². The van der Waals surface area contributed by atoms with E-state index >= 15 is 0 Å². The van der Waals surface area contributed by atoms with Crippen LogP contribution in [0.15, 0.2) is 30.4 Å². The van der Waals surface area contributed by atoms with Gasteiger partial charge >= 0.3 is 0 Å². The molecule has 5 rings (SSSR count). The van der Waals surface area contributed by atoms with Crippen molar-refractivity contribution in [2.24, 2.45) is 5.41 Å². The Labute approximate surface area is 142 Å². The molecule has 3 aliphatic rings. The average molecular weight is 324 g/mol. The van der Waals surface area contributed by atoms with Crippen LogP contribution in [-0.4, -0.2) is 34.8 Å². The topological polar surface area (TPSA) is 37.6 Å². The van der Waals surface area contributed by atoms with Gasteiger partial charge in [-0.1, -0.05) is 19.1 Å². The van der Waals surface area contributed by atoms with Gasteiger partial charge in [0.25, 0.3) is 0 Å². The van der Waals surface area contributed by atoms with Crippen molar-refractivity contribution in [3.8, 4) is 5.75 Å². The minimum absolute atomic E-state index is 0.0568. The van der Waals surface area contributed by atoms with E-state index in [0.717, 1.165) is 43.6 Å². The van der Waals surface area contributed by atoms with E-state index in [1.165, 1.54) is 16.6 Å². The maximum absolute atomic E-state index is 11.1. The third kappa shape index (κ3) is 1.65. The van der Waals surface area contributed by atoms with E-state index in [1.54, 1.807) is 7.11 Å². The van der Waals surface area contributed by atoms with E-state index in [2.05, 4.69) is 40.7 Å². The predicted molar refractivity (Wildman–Crippen MR) is 94.2 cm³/mol. The molecule has 3 unspecified atom stereocenters. The monoisotopic (exact) mass is 324 g/mol. The first-order valence-electron chi connectivity index (χ1n) is 8.99. The van der Waals surface area contributed by atoms with Crippen LogP contribution in [0.4, 0.5) is 0 Å². The van der Waals surface area contributed by atoms with Gasteiger partial charge in [-0.05, 0) is 30.5 Å². The van der Waals surface area contributed by atoms with Crippen LogP contribution in [0, 0.1) is 5.41 Å². The fourth-order valence-electron chi connectivity index (χ4n) is 5.36. The third-order valence-electron chi connectivity index (χ3n) is 6.48. The van der Waals surface area contributed by atoms with E-state index < -0.39 is 6.23 Å². The molecular weight excluding hydrogens is 300 g/mol. The van der Waals surface area contributed by atoms with E-state index in [0.29, 0.717) is 6.04 Å². The Kier molecular flexibility index (Phi) is 2.95. The summed E-state index contributed by atoms with van der Waals surface area (Å²) in [4.78, 5) is 2.60. The second-order valence-electron chi connectivity index (χ2n) is 7.44. The first kappa shape index (κ1) is 14.6. The molecule has 3 aliphatic heterocycles. The van der Waals surface area contributed by atoms with Gasteiger partial charge in [-0.25, -0.2) is 0 Å². The van der Waals surface area contributed by atoms with Crippen molar-refractivity contribution in [2.45, 2.75) is 38.5 Å². The summed E-state index contributed by atoms with van der Waals surface area (Å²) in [6.07, 6.45) is 7.12. The second-order valence-corrected chi connectivity index (χ2v) is 7.44. The molecule has 1 N–H and O–H groups in total. The van der Waals surface area contributed by atoms with Gasteiger partial charge < -0.3 is 14.4 Å². The number of rotatable bonds is 2. The number of aliphatic hydroxyl groups is 1. The molecule has 4 heteroatoms. The Hall–Kier alpha value is -1.78. The highest BCUT2D eigenvalue weighted by atomic mass is 16.5. The highest BCUT2D eigenvalue weighted by Gasteiger charge is 2.51. The Morgan fingerprint density at radius 2 is 2.25 bits per heavy atom. The number of aliphatic hydroxyl groups excluding tert-OH is 1. The molecule has 4 heterocycles. The number of aromatic nitrogens is 1. The normalized spacial score (nSPS) is 31.3. The van der Waals surface area contributed by atoms with Crippen molar-refractivity contribution in [1.82, 2.24) is 9.47 Å². The van der Waals surface area contributed by atoms with E-state index in [9.17, 15) is 5.11 Å². The third-order valence-corrected chi connectivity index (χ3v) is 6.48. The summed E-state index contributed by atoms with van der Waals surface area (Å²) in [6, 6.07) is 6.68. The first-order chi connectivity index (χ1) is 11.7. The number of benzene rings is 1. The lowest BCUT2D eigenvalue weighted by atomic mass is 9.67. The number of hydrogen-bond acceptors (Lipinski definition) is 3. The molecule has 126 valence electrons. The summed E-state index contributed by atoms with van der Waals surface area (Å²) < 4.78 is 7.62. The van der Waals surface area contributed by atoms with Gasteiger partial charge in [-0.15, -0.1) is 0 Å². The van der Waals surface area contributed by atoms with Gasteiger partial charge in [0.2, 0.25) is 0 Å². The van der Waals surface area contributed by atoms with Crippen LogP contribution in [0.25, 0.3) is 10.9 Å². The molecule has 0 aliphatic carbocycles. The highest BCUT2D eigenvalue weighted by molar-refractivity contribution is 5.87. The number of hydrogen-bond donors (Lipinski definition) is 1. The minimum atomic E-state index is -0.470. The Morgan fingerprint density at radius 3 is 3.04 bits per heavy atom. The average Bonchev–Trinajstić information content (AvgIpc) is 2.95. The van der Waals surface area contributed by atoms with Crippen molar-refractivity contribution in [2.75, 3.05) is 20.2 Å². The molecular formula is C20H24N2O2. The second kappa shape index (κ2) is 4.87. The van der Waals surface area contributed by atoms with E-state index in [1.807, 2.05) is 6.07 Å². The maximum Gasteiger partial charge on any atom is 0.131 e. The summed E-state index contributed by atoms with van der Waals surface area (Å²) in [6.45, 7) is 4.38. The Balaban J connectivity index is 1.85. The summed E-state index contributed by atoms with van der Waals surface area (Å²) in [7, 11) is 1.70. The Morgan fingerprint density at radius 1 is 1.38 bits per heavy atom. The summed E-state index contributed by atoms with van der Waals surface area (Å²) in [5, 5.41) is 12.3. The molecule has 0 amide bonds. The van der Waals surface area contributed by atoms with Gasteiger partial charge in [0.15, 0.2) is 0 Å². The molecule has 0 bridgehead atoms. The smallest absolute Gasteiger partial charge is 0.131 e. The van der Waals surface area contributed by atoms with Gasteiger partial charge in [-0.3, -0.25) is 4.90 Å². The maximum atomic E-state index is 11.1. The molecule has 0 saturated carbocycles. The zero-order valence-electron chi connectivity index (χ0n) is 14.3. The number of methoxy groups -OCH3 is 1. The lowest BCUT2D eigenvalue weighted by Crippen LogP contribution is -2.51. The molecule has 2 aromatic rings. The fourth-order valence-corrected chi connectivity index (χ4v) is 5.36. The van der Waals surface area contributed by atoms with Crippen LogP contribution in [0.5, 0.6) is 5.75 Å². The van der Waals surface area contributed by atoms with Gasteiger partial charge in [0.1, 0.15) is 12.0 Å². The molecule has 24 heavy (non-hydrogen) atoms. The molecule has 3 atom stereocenters. The van der Waals surface area contributed by atoms with Crippen molar-refractivity contribution in [3.63, 3.8) is 0 Å². The van der Waals surface area contributed by atoms with Crippen LogP contribution < -0.4 is 4.74 Å². The summed E-state index contributed by atoms with van der Waals surface area (Å²) >= 11 is 0. The van der Waals surface area contributed by atoms with Crippen LogP contribution in [-0.2, 0) is 6.42 Å². The van der Waals surface area contributed by atoms with Crippen molar-refractivity contribution in [3.05, 3.63) is 41.6 Å². The lowest BCUT2D eigenvalue weighted by molar-refractivity contribution is -0.0313. The van der Waals surface area contributed by atoms with E-state index in [-0.39, 0.29) is 5.41 Å². The minimum Gasteiger partial charge on any atom is -0.497 e. The van der Waals surface area contributed by atoms with Crippen LogP contribution in [0.1, 0.15) is 43.3 Å². The van der Waals surface area contributed by atoms with Crippen LogP contribution >= 0.6 is 0 Å².